The monoisotopic (exact) mass is 339 g/mol. The molecule has 0 spiro atoms. The van der Waals surface area contributed by atoms with E-state index in [1.54, 1.807) is 11.8 Å². The Morgan fingerprint density at radius 1 is 1.52 bits per heavy atom. The summed E-state index contributed by atoms with van der Waals surface area (Å²) in [5.41, 5.74) is 0. The largest absolute Gasteiger partial charge is 0.465 e. The lowest BCUT2D eigenvalue weighted by molar-refractivity contribution is -0.134. The molecule has 0 radical (unpaired) electrons. The van der Waals surface area contributed by atoms with E-state index >= 15 is 0 Å². The van der Waals surface area contributed by atoms with Gasteiger partial charge in [-0.05, 0) is 37.5 Å². The summed E-state index contributed by atoms with van der Waals surface area (Å²) in [6.07, 6.45) is 3.17. The number of piperazine rings is 1. The zero-order valence-corrected chi connectivity index (χ0v) is 14.6. The summed E-state index contributed by atoms with van der Waals surface area (Å²) in [5.74, 6) is 2.54. The molecule has 1 saturated heterocycles. The predicted molar refractivity (Wildman–Crippen MR) is 91.3 cm³/mol. The van der Waals surface area contributed by atoms with Gasteiger partial charge in [0.1, 0.15) is 11.5 Å². The lowest BCUT2D eigenvalue weighted by atomic mass is 10.1. The second-order valence-corrected chi connectivity index (χ2v) is 6.68. The first-order chi connectivity index (χ1) is 11.1. The molecule has 1 aromatic heterocycles. The van der Waals surface area contributed by atoms with E-state index in [-0.39, 0.29) is 18.2 Å². The first-order valence-corrected chi connectivity index (χ1v) is 9.32. The van der Waals surface area contributed by atoms with Crippen LogP contribution in [0, 0.1) is 6.92 Å². The molecule has 2 heterocycles. The minimum Gasteiger partial charge on any atom is -0.465 e. The Hall–Kier alpha value is -1.47. The summed E-state index contributed by atoms with van der Waals surface area (Å²) in [6.45, 7) is 4.42. The van der Waals surface area contributed by atoms with E-state index < -0.39 is 6.04 Å². The Morgan fingerprint density at radius 2 is 2.35 bits per heavy atom. The summed E-state index contributed by atoms with van der Waals surface area (Å²) in [5, 5.41) is 5.73. The third-order valence-corrected chi connectivity index (χ3v) is 4.52. The Balaban J connectivity index is 1.89. The van der Waals surface area contributed by atoms with Gasteiger partial charge < -0.3 is 15.1 Å². The second kappa shape index (κ2) is 8.98. The zero-order valence-electron chi connectivity index (χ0n) is 13.8. The highest BCUT2D eigenvalue weighted by Crippen LogP contribution is 2.15. The van der Waals surface area contributed by atoms with E-state index in [9.17, 15) is 9.59 Å². The Kier molecular flexibility index (Phi) is 6.98. The van der Waals surface area contributed by atoms with E-state index in [0.717, 1.165) is 30.2 Å². The molecule has 2 amide bonds. The van der Waals surface area contributed by atoms with Gasteiger partial charge in [-0.2, -0.15) is 11.8 Å². The van der Waals surface area contributed by atoms with Crippen molar-refractivity contribution in [3.05, 3.63) is 23.7 Å². The average Bonchev–Trinajstić information content (AvgIpc) is 2.92. The van der Waals surface area contributed by atoms with E-state index in [4.69, 9.17) is 4.42 Å². The lowest BCUT2D eigenvalue weighted by Gasteiger charge is -2.34. The number of hydrogen-bond acceptors (Lipinski definition) is 5. The molecular weight excluding hydrogens is 314 g/mol. The third-order valence-electron chi connectivity index (χ3n) is 3.82. The first-order valence-electron chi connectivity index (χ1n) is 7.93. The minimum absolute atomic E-state index is 0.0752. The van der Waals surface area contributed by atoms with Crippen molar-refractivity contribution in [1.82, 2.24) is 15.5 Å². The van der Waals surface area contributed by atoms with Gasteiger partial charge in [-0.3, -0.25) is 14.5 Å². The molecule has 2 rings (SSSR count). The van der Waals surface area contributed by atoms with Crippen LogP contribution in [0.25, 0.3) is 0 Å². The van der Waals surface area contributed by atoms with Gasteiger partial charge >= 0.3 is 0 Å². The number of hydrogen-bond donors (Lipinski definition) is 2. The topological polar surface area (TPSA) is 74.6 Å². The Morgan fingerprint density at radius 3 is 3.04 bits per heavy atom. The van der Waals surface area contributed by atoms with Crippen molar-refractivity contribution < 1.29 is 14.0 Å². The number of furan rings is 1. The number of rotatable bonds is 8. The van der Waals surface area contributed by atoms with Crippen LogP contribution in [0.3, 0.4) is 0 Å². The van der Waals surface area contributed by atoms with Crippen molar-refractivity contribution in [2.75, 3.05) is 31.6 Å². The summed E-state index contributed by atoms with van der Waals surface area (Å²) in [6, 6.07) is 3.39. The first kappa shape index (κ1) is 17.9. The minimum atomic E-state index is -0.435. The summed E-state index contributed by atoms with van der Waals surface area (Å²) < 4.78 is 5.59. The predicted octanol–water partition coefficient (Wildman–Crippen LogP) is 1.15. The Bertz CT molecular complexity index is 532. The van der Waals surface area contributed by atoms with Gasteiger partial charge in [-0.15, -0.1) is 0 Å². The number of amides is 2. The summed E-state index contributed by atoms with van der Waals surface area (Å²) >= 11 is 1.76. The number of carbonyl (C=O) groups excluding carboxylic acids is 2. The fraction of sp³-hybridized carbons (Fsp3) is 0.625. The van der Waals surface area contributed by atoms with Crippen LogP contribution < -0.4 is 10.6 Å². The lowest BCUT2D eigenvalue weighted by Crippen LogP contribution is -2.56. The van der Waals surface area contributed by atoms with Crippen LogP contribution in [-0.4, -0.2) is 54.4 Å². The Labute approximate surface area is 141 Å². The molecule has 1 aliphatic heterocycles. The number of carbonyl (C=O) groups is 2. The van der Waals surface area contributed by atoms with Crippen LogP contribution in [0.2, 0.25) is 0 Å². The van der Waals surface area contributed by atoms with Crippen LogP contribution >= 0.6 is 11.8 Å². The standard InChI is InChI=1S/C16H25N3O3S/c1-12-4-5-13(22-12)11-19-8-7-18-16(21)14(19)10-15(20)17-6-3-9-23-2/h4-5,14H,3,6-11H2,1-2H3,(H,17,20)(H,18,21)/t14-/m1/s1. The summed E-state index contributed by atoms with van der Waals surface area (Å²) in [4.78, 5) is 26.2. The molecule has 128 valence electrons. The normalized spacial score (nSPS) is 18.7. The molecule has 23 heavy (non-hydrogen) atoms. The maximum Gasteiger partial charge on any atom is 0.237 e. The van der Waals surface area contributed by atoms with Crippen LogP contribution in [0.15, 0.2) is 16.5 Å². The molecule has 1 aliphatic rings. The fourth-order valence-corrected chi connectivity index (χ4v) is 3.07. The zero-order chi connectivity index (χ0) is 16.7. The van der Waals surface area contributed by atoms with Crippen molar-refractivity contribution in [3.63, 3.8) is 0 Å². The number of thioether (sulfide) groups is 1. The van der Waals surface area contributed by atoms with E-state index in [2.05, 4.69) is 10.6 Å². The molecule has 0 bridgehead atoms. The maximum atomic E-state index is 12.1. The van der Waals surface area contributed by atoms with Crippen LogP contribution in [0.4, 0.5) is 0 Å². The molecule has 0 aromatic carbocycles. The van der Waals surface area contributed by atoms with Gasteiger partial charge in [0.15, 0.2) is 0 Å². The van der Waals surface area contributed by atoms with Gasteiger partial charge in [-0.1, -0.05) is 0 Å². The number of aryl methyl sites for hydroxylation is 1. The second-order valence-electron chi connectivity index (χ2n) is 5.69. The highest BCUT2D eigenvalue weighted by Gasteiger charge is 2.31. The van der Waals surface area contributed by atoms with Crippen molar-refractivity contribution in [2.45, 2.75) is 32.4 Å². The average molecular weight is 339 g/mol. The smallest absolute Gasteiger partial charge is 0.237 e. The quantitative estimate of drug-likeness (QED) is 0.695. The molecule has 2 N–H and O–H groups in total. The highest BCUT2D eigenvalue weighted by molar-refractivity contribution is 7.98. The molecule has 7 heteroatoms. The van der Waals surface area contributed by atoms with E-state index in [1.807, 2.05) is 30.2 Å². The summed E-state index contributed by atoms with van der Waals surface area (Å²) in [7, 11) is 0. The third kappa shape index (κ3) is 5.58. The maximum absolute atomic E-state index is 12.1. The molecular formula is C16H25N3O3S. The molecule has 1 fully saturated rings. The van der Waals surface area contributed by atoms with Gasteiger partial charge in [-0.25, -0.2) is 0 Å². The fourth-order valence-electron chi connectivity index (χ4n) is 2.64. The van der Waals surface area contributed by atoms with Crippen LogP contribution in [0.1, 0.15) is 24.4 Å². The van der Waals surface area contributed by atoms with Crippen LogP contribution in [-0.2, 0) is 16.1 Å². The number of nitrogens with zero attached hydrogens (tertiary/aromatic N) is 1. The molecule has 0 saturated carbocycles. The van der Waals surface area contributed by atoms with Crippen molar-refractivity contribution in [1.29, 1.82) is 0 Å². The van der Waals surface area contributed by atoms with Gasteiger partial charge in [0.25, 0.3) is 0 Å². The molecule has 0 unspecified atom stereocenters. The van der Waals surface area contributed by atoms with Crippen molar-refractivity contribution in [3.8, 4) is 0 Å². The molecule has 1 atom stereocenters. The highest BCUT2D eigenvalue weighted by atomic mass is 32.2. The van der Waals surface area contributed by atoms with Crippen molar-refractivity contribution in [2.24, 2.45) is 0 Å². The van der Waals surface area contributed by atoms with Crippen molar-refractivity contribution >= 4 is 23.6 Å². The van der Waals surface area contributed by atoms with Gasteiger partial charge in [0, 0.05) is 19.6 Å². The SMILES string of the molecule is CSCCCNC(=O)C[C@@H]1C(=O)NCCN1Cc1ccc(C)o1. The molecule has 0 aliphatic carbocycles. The van der Waals surface area contributed by atoms with Gasteiger partial charge in [0.2, 0.25) is 11.8 Å². The van der Waals surface area contributed by atoms with E-state index in [1.165, 1.54) is 0 Å². The van der Waals surface area contributed by atoms with E-state index in [0.29, 0.717) is 19.6 Å². The molecule has 6 nitrogen and oxygen atoms in total. The number of nitrogens with one attached hydrogen (secondary N) is 2. The van der Waals surface area contributed by atoms with Gasteiger partial charge in [0.05, 0.1) is 19.0 Å². The molecule has 1 aromatic rings. The van der Waals surface area contributed by atoms with Crippen LogP contribution in [0.5, 0.6) is 0 Å².